The van der Waals surface area contributed by atoms with Crippen LogP contribution in [0.4, 0.5) is 0 Å². The van der Waals surface area contributed by atoms with Crippen molar-refractivity contribution in [2.75, 3.05) is 6.54 Å². The highest BCUT2D eigenvalue weighted by Crippen LogP contribution is 2.19. The number of rotatable bonds is 7. The molecule has 1 amide bonds. The Balaban J connectivity index is 1.94. The van der Waals surface area contributed by atoms with E-state index in [1.165, 1.54) is 0 Å². The Morgan fingerprint density at radius 1 is 1.08 bits per heavy atom. The van der Waals surface area contributed by atoms with Gasteiger partial charge in [-0.05, 0) is 44.0 Å². The molecule has 136 valence electrons. The van der Waals surface area contributed by atoms with Crippen LogP contribution in [0.15, 0.2) is 48.5 Å². The fraction of sp³-hybridized carbons (Fsp3) is 0.364. The van der Waals surface area contributed by atoms with Crippen molar-refractivity contribution in [2.24, 2.45) is 0 Å². The van der Waals surface area contributed by atoms with Crippen molar-refractivity contribution in [3.63, 3.8) is 0 Å². The van der Waals surface area contributed by atoms with Gasteiger partial charge in [0, 0.05) is 18.7 Å². The predicted octanol–water partition coefficient (Wildman–Crippen LogP) is 4.81. The van der Waals surface area contributed by atoms with Gasteiger partial charge in [-0.2, -0.15) is 0 Å². The minimum Gasteiger partial charge on any atom is -0.331 e. The minimum absolute atomic E-state index is 0.0747. The first kappa shape index (κ1) is 18.2. The summed E-state index contributed by atoms with van der Waals surface area (Å²) in [5.74, 6) is 1.04. The molecule has 1 heterocycles. The molecule has 4 nitrogen and oxygen atoms in total. The van der Waals surface area contributed by atoms with Gasteiger partial charge in [-0.3, -0.25) is 4.79 Å². The summed E-state index contributed by atoms with van der Waals surface area (Å²) in [7, 11) is 0. The van der Waals surface area contributed by atoms with Crippen molar-refractivity contribution in [2.45, 2.75) is 46.7 Å². The number of para-hydroxylation sites is 2. The second-order valence-electron chi connectivity index (χ2n) is 6.76. The Labute approximate surface area is 155 Å². The van der Waals surface area contributed by atoms with Crippen LogP contribution in [0.2, 0.25) is 0 Å². The first-order valence-corrected chi connectivity index (χ1v) is 9.44. The van der Waals surface area contributed by atoms with Gasteiger partial charge >= 0.3 is 0 Å². The Morgan fingerprint density at radius 3 is 2.62 bits per heavy atom. The van der Waals surface area contributed by atoms with Crippen LogP contribution in [0.1, 0.15) is 48.4 Å². The molecular formula is C22H27N3O. The highest BCUT2D eigenvalue weighted by Gasteiger charge is 2.19. The number of aryl methyl sites for hydroxylation is 2. The van der Waals surface area contributed by atoms with Gasteiger partial charge in [0.25, 0.3) is 5.91 Å². The van der Waals surface area contributed by atoms with E-state index in [-0.39, 0.29) is 5.91 Å². The summed E-state index contributed by atoms with van der Waals surface area (Å²) in [6.45, 7) is 8.46. The number of nitrogens with zero attached hydrogens (tertiary/aromatic N) is 3. The highest BCUT2D eigenvalue weighted by atomic mass is 16.2. The number of carbonyl (C=O) groups excluding carboxylic acids is 1. The van der Waals surface area contributed by atoms with Crippen LogP contribution in [-0.2, 0) is 13.1 Å². The Hall–Kier alpha value is -2.62. The molecule has 3 rings (SSSR count). The number of benzene rings is 2. The molecule has 0 aliphatic rings. The van der Waals surface area contributed by atoms with Crippen LogP contribution >= 0.6 is 0 Å². The van der Waals surface area contributed by atoms with Crippen molar-refractivity contribution < 1.29 is 4.79 Å². The molecule has 0 saturated carbocycles. The molecule has 26 heavy (non-hydrogen) atoms. The van der Waals surface area contributed by atoms with Gasteiger partial charge in [0.05, 0.1) is 17.6 Å². The summed E-state index contributed by atoms with van der Waals surface area (Å²) >= 11 is 0. The van der Waals surface area contributed by atoms with Gasteiger partial charge in [-0.1, -0.05) is 43.7 Å². The van der Waals surface area contributed by atoms with Crippen molar-refractivity contribution in [3.8, 4) is 0 Å². The third-order valence-electron chi connectivity index (χ3n) is 4.56. The monoisotopic (exact) mass is 349 g/mol. The van der Waals surface area contributed by atoms with Gasteiger partial charge in [0.2, 0.25) is 0 Å². The largest absolute Gasteiger partial charge is 0.331 e. The maximum atomic E-state index is 13.1. The minimum atomic E-state index is 0.0747. The summed E-state index contributed by atoms with van der Waals surface area (Å²) in [5, 5.41) is 0. The topological polar surface area (TPSA) is 38.1 Å². The average molecular weight is 349 g/mol. The van der Waals surface area contributed by atoms with Crippen molar-refractivity contribution in [3.05, 3.63) is 65.5 Å². The fourth-order valence-electron chi connectivity index (χ4n) is 3.37. The molecule has 0 aliphatic heterocycles. The van der Waals surface area contributed by atoms with Gasteiger partial charge in [-0.25, -0.2) is 4.98 Å². The summed E-state index contributed by atoms with van der Waals surface area (Å²) in [6, 6.07) is 16.0. The van der Waals surface area contributed by atoms with E-state index in [2.05, 4.69) is 24.5 Å². The molecule has 0 radical (unpaired) electrons. The highest BCUT2D eigenvalue weighted by molar-refractivity contribution is 5.94. The predicted molar refractivity (Wildman–Crippen MR) is 106 cm³/mol. The van der Waals surface area contributed by atoms with Gasteiger partial charge in [0.15, 0.2) is 0 Å². The van der Waals surface area contributed by atoms with Crippen molar-refractivity contribution >= 4 is 16.9 Å². The summed E-state index contributed by atoms with van der Waals surface area (Å²) in [5.41, 5.74) is 3.99. The van der Waals surface area contributed by atoms with Crippen LogP contribution in [-0.4, -0.2) is 26.9 Å². The Bertz CT molecular complexity index is 897. The molecule has 0 fully saturated rings. The third kappa shape index (κ3) is 3.79. The van der Waals surface area contributed by atoms with Gasteiger partial charge in [-0.15, -0.1) is 0 Å². The van der Waals surface area contributed by atoms with Crippen LogP contribution in [0.3, 0.4) is 0 Å². The number of amides is 1. The normalized spacial score (nSPS) is 11.0. The van der Waals surface area contributed by atoms with E-state index in [1.54, 1.807) is 0 Å². The zero-order valence-corrected chi connectivity index (χ0v) is 15.9. The summed E-state index contributed by atoms with van der Waals surface area (Å²) in [6.07, 6.45) is 1.96. The average Bonchev–Trinajstić information content (AvgIpc) is 2.98. The standard InChI is InChI=1S/C22H27N3O/c1-4-13-24(22(26)18-10-8-9-17(3)15-18)16-21-23-19-11-6-7-12-20(19)25(21)14-5-2/h6-12,15H,4-5,13-14,16H2,1-3H3. The van der Waals surface area contributed by atoms with Gasteiger partial charge in [0.1, 0.15) is 5.82 Å². The lowest BCUT2D eigenvalue weighted by atomic mass is 10.1. The maximum absolute atomic E-state index is 13.1. The SMILES string of the molecule is CCCN(Cc1nc2ccccc2n1CCC)C(=O)c1cccc(C)c1. The van der Waals surface area contributed by atoms with Crippen molar-refractivity contribution in [1.82, 2.24) is 14.5 Å². The van der Waals surface area contributed by atoms with Crippen LogP contribution < -0.4 is 0 Å². The first-order chi connectivity index (χ1) is 12.6. The van der Waals surface area contributed by atoms with Gasteiger partial charge < -0.3 is 9.47 Å². The van der Waals surface area contributed by atoms with Crippen molar-refractivity contribution in [1.29, 1.82) is 0 Å². The molecule has 0 N–H and O–H groups in total. The maximum Gasteiger partial charge on any atom is 0.254 e. The molecule has 3 aromatic rings. The van der Waals surface area contributed by atoms with E-state index in [1.807, 2.05) is 54.3 Å². The van der Waals surface area contributed by atoms with E-state index in [0.717, 1.165) is 53.9 Å². The van der Waals surface area contributed by atoms with E-state index in [0.29, 0.717) is 6.54 Å². The number of fused-ring (bicyclic) bond motifs is 1. The quantitative estimate of drug-likeness (QED) is 0.614. The summed E-state index contributed by atoms with van der Waals surface area (Å²) in [4.78, 5) is 19.8. The lowest BCUT2D eigenvalue weighted by molar-refractivity contribution is 0.0737. The van der Waals surface area contributed by atoms with Crippen LogP contribution in [0, 0.1) is 6.92 Å². The molecule has 0 aliphatic carbocycles. The van der Waals surface area contributed by atoms with E-state index in [9.17, 15) is 4.79 Å². The van der Waals surface area contributed by atoms with E-state index in [4.69, 9.17) is 4.98 Å². The van der Waals surface area contributed by atoms with Crippen LogP contribution in [0.25, 0.3) is 11.0 Å². The number of aromatic nitrogens is 2. The number of imidazole rings is 1. The first-order valence-electron chi connectivity index (χ1n) is 9.44. The zero-order chi connectivity index (χ0) is 18.5. The molecule has 0 unspecified atom stereocenters. The Morgan fingerprint density at radius 2 is 1.88 bits per heavy atom. The summed E-state index contributed by atoms with van der Waals surface area (Å²) < 4.78 is 2.25. The number of hydrogen-bond acceptors (Lipinski definition) is 2. The molecule has 4 heteroatoms. The second-order valence-corrected chi connectivity index (χ2v) is 6.76. The van der Waals surface area contributed by atoms with E-state index < -0.39 is 0 Å². The van der Waals surface area contributed by atoms with Crippen LogP contribution in [0.5, 0.6) is 0 Å². The lowest BCUT2D eigenvalue weighted by Gasteiger charge is -2.22. The molecule has 0 bridgehead atoms. The fourth-order valence-corrected chi connectivity index (χ4v) is 3.37. The molecule has 0 spiro atoms. The third-order valence-corrected chi connectivity index (χ3v) is 4.56. The molecular weight excluding hydrogens is 322 g/mol. The Kier molecular flexibility index (Phi) is 5.71. The number of carbonyl (C=O) groups is 1. The number of hydrogen-bond donors (Lipinski definition) is 0. The molecule has 0 atom stereocenters. The molecule has 2 aromatic carbocycles. The lowest BCUT2D eigenvalue weighted by Crippen LogP contribution is -2.32. The second kappa shape index (κ2) is 8.17. The molecule has 1 aromatic heterocycles. The smallest absolute Gasteiger partial charge is 0.254 e. The molecule has 0 saturated heterocycles. The zero-order valence-electron chi connectivity index (χ0n) is 15.9. The van der Waals surface area contributed by atoms with E-state index >= 15 is 0 Å².